The normalized spacial score (nSPS) is 15.2. The van der Waals surface area contributed by atoms with Gasteiger partial charge in [-0.15, -0.1) is 0 Å². The maximum absolute atomic E-state index is 12.1. The van der Waals surface area contributed by atoms with Gasteiger partial charge in [0.2, 0.25) is 0 Å². The van der Waals surface area contributed by atoms with E-state index in [1.165, 1.54) is 6.42 Å². The van der Waals surface area contributed by atoms with Crippen molar-refractivity contribution >= 4 is 0 Å². The molecule has 0 saturated carbocycles. The highest BCUT2D eigenvalue weighted by Gasteiger charge is 2.16. The molecule has 0 amide bonds. The Labute approximate surface area is 105 Å². The molecule has 5 nitrogen and oxygen atoms in total. The van der Waals surface area contributed by atoms with Gasteiger partial charge in [-0.1, -0.05) is 6.42 Å². The number of hydrogen-bond acceptors (Lipinski definition) is 3. The summed E-state index contributed by atoms with van der Waals surface area (Å²) in [6.07, 6.45) is 8.67. The topological polar surface area (TPSA) is 63.6 Å². The summed E-state index contributed by atoms with van der Waals surface area (Å²) in [7, 11) is 1.90. The maximum Gasteiger partial charge on any atom is 0.254 e. The Morgan fingerprint density at radius 1 is 1.28 bits per heavy atom. The third kappa shape index (κ3) is 1.85. The van der Waals surface area contributed by atoms with E-state index >= 15 is 0 Å². The molecule has 0 atom stereocenters. The number of aromatic amines is 1. The maximum atomic E-state index is 12.1. The molecular formula is C13H16N4O. The van der Waals surface area contributed by atoms with Crippen LogP contribution < -0.4 is 5.56 Å². The highest BCUT2D eigenvalue weighted by Crippen LogP contribution is 2.18. The number of nitrogens with zero attached hydrogens (tertiary/aromatic N) is 3. The van der Waals surface area contributed by atoms with E-state index in [-0.39, 0.29) is 5.56 Å². The van der Waals surface area contributed by atoms with E-state index in [0.717, 1.165) is 36.9 Å². The Morgan fingerprint density at radius 2 is 2.11 bits per heavy atom. The highest BCUT2D eigenvalue weighted by atomic mass is 16.1. The minimum atomic E-state index is -0.0000926. The van der Waals surface area contributed by atoms with Crippen molar-refractivity contribution in [3.8, 4) is 11.6 Å². The van der Waals surface area contributed by atoms with Crippen LogP contribution in [0.15, 0.2) is 17.2 Å². The van der Waals surface area contributed by atoms with Crippen LogP contribution in [0.4, 0.5) is 0 Å². The van der Waals surface area contributed by atoms with Gasteiger partial charge >= 0.3 is 0 Å². The van der Waals surface area contributed by atoms with Gasteiger partial charge in [-0.05, 0) is 25.7 Å². The molecule has 1 N–H and O–H groups in total. The summed E-state index contributed by atoms with van der Waals surface area (Å²) in [5.74, 6) is 1.28. The molecule has 94 valence electrons. The molecule has 1 aliphatic carbocycles. The molecule has 0 radical (unpaired) electrons. The van der Waals surface area contributed by atoms with Crippen LogP contribution in [0.2, 0.25) is 0 Å². The summed E-state index contributed by atoms with van der Waals surface area (Å²) in [6, 6.07) is 0. The molecule has 0 spiro atoms. The molecule has 0 unspecified atom stereocenters. The largest absolute Gasteiger partial charge is 0.331 e. The zero-order valence-electron chi connectivity index (χ0n) is 10.4. The van der Waals surface area contributed by atoms with E-state index in [1.54, 1.807) is 6.20 Å². The second-order valence-corrected chi connectivity index (χ2v) is 4.76. The standard InChI is InChI=1S/C13H16N4O/c1-17-8-7-14-12(17)11-15-10-6-4-2-3-5-9(10)13(18)16-11/h7-8H,2-6H2,1H3,(H,15,16,18). The van der Waals surface area contributed by atoms with Crippen molar-refractivity contribution in [3.63, 3.8) is 0 Å². The number of nitrogens with one attached hydrogen (secondary N) is 1. The van der Waals surface area contributed by atoms with Crippen LogP contribution >= 0.6 is 0 Å². The van der Waals surface area contributed by atoms with Crippen LogP contribution in [0, 0.1) is 0 Å². The summed E-state index contributed by atoms with van der Waals surface area (Å²) < 4.78 is 1.86. The zero-order valence-corrected chi connectivity index (χ0v) is 10.4. The van der Waals surface area contributed by atoms with Crippen molar-refractivity contribution in [1.29, 1.82) is 0 Å². The van der Waals surface area contributed by atoms with Crippen molar-refractivity contribution in [2.24, 2.45) is 7.05 Å². The summed E-state index contributed by atoms with van der Waals surface area (Å²) in [4.78, 5) is 23.8. The lowest BCUT2D eigenvalue weighted by atomic mass is 10.1. The molecule has 2 heterocycles. The van der Waals surface area contributed by atoms with Gasteiger partial charge in [0.15, 0.2) is 11.6 Å². The van der Waals surface area contributed by atoms with Gasteiger partial charge in [0.25, 0.3) is 5.56 Å². The number of H-pyrrole nitrogens is 1. The highest BCUT2D eigenvalue weighted by molar-refractivity contribution is 5.44. The van der Waals surface area contributed by atoms with E-state index in [1.807, 2.05) is 17.8 Å². The third-order valence-corrected chi connectivity index (χ3v) is 3.47. The number of rotatable bonds is 1. The Hall–Kier alpha value is -1.91. The Morgan fingerprint density at radius 3 is 2.89 bits per heavy atom. The summed E-state index contributed by atoms with van der Waals surface area (Å²) in [5, 5.41) is 0. The van der Waals surface area contributed by atoms with E-state index in [9.17, 15) is 4.79 Å². The van der Waals surface area contributed by atoms with Gasteiger partial charge in [0.05, 0.1) is 5.69 Å². The van der Waals surface area contributed by atoms with Gasteiger partial charge in [-0.3, -0.25) is 4.79 Å². The second-order valence-electron chi connectivity index (χ2n) is 4.76. The smallest absolute Gasteiger partial charge is 0.254 e. The van der Waals surface area contributed by atoms with E-state index in [4.69, 9.17) is 0 Å². The monoisotopic (exact) mass is 244 g/mol. The predicted molar refractivity (Wildman–Crippen MR) is 68.3 cm³/mol. The zero-order chi connectivity index (χ0) is 12.5. The van der Waals surface area contributed by atoms with Crippen molar-refractivity contribution in [1.82, 2.24) is 19.5 Å². The molecular weight excluding hydrogens is 228 g/mol. The third-order valence-electron chi connectivity index (χ3n) is 3.47. The van der Waals surface area contributed by atoms with Gasteiger partial charge in [0.1, 0.15) is 0 Å². The average Bonchev–Trinajstić information content (AvgIpc) is 2.63. The summed E-state index contributed by atoms with van der Waals surface area (Å²) >= 11 is 0. The molecule has 2 aromatic rings. The molecule has 1 aliphatic rings. The van der Waals surface area contributed by atoms with E-state index < -0.39 is 0 Å². The molecule has 0 bridgehead atoms. The van der Waals surface area contributed by atoms with Gasteiger partial charge in [-0.25, -0.2) is 9.97 Å². The van der Waals surface area contributed by atoms with E-state index in [0.29, 0.717) is 11.6 Å². The first-order valence-electron chi connectivity index (χ1n) is 6.35. The first-order valence-corrected chi connectivity index (χ1v) is 6.35. The van der Waals surface area contributed by atoms with Crippen molar-refractivity contribution in [3.05, 3.63) is 34.0 Å². The minimum Gasteiger partial charge on any atom is -0.331 e. The quantitative estimate of drug-likeness (QED) is 0.772. The first-order chi connectivity index (χ1) is 8.75. The number of aryl methyl sites for hydroxylation is 2. The molecule has 0 aromatic carbocycles. The molecule has 5 heteroatoms. The van der Waals surface area contributed by atoms with Gasteiger partial charge in [0, 0.05) is 25.0 Å². The minimum absolute atomic E-state index is 0.0000926. The van der Waals surface area contributed by atoms with Crippen molar-refractivity contribution in [2.75, 3.05) is 0 Å². The van der Waals surface area contributed by atoms with Gasteiger partial charge < -0.3 is 9.55 Å². The summed E-state index contributed by atoms with van der Waals surface area (Å²) in [5.41, 5.74) is 1.82. The van der Waals surface area contributed by atoms with Crippen LogP contribution in [-0.2, 0) is 19.9 Å². The fraction of sp³-hybridized carbons (Fsp3) is 0.462. The second kappa shape index (κ2) is 4.40. The molecule has 0 fully saturated rings. The Kier molecular flexibility index (Phi) is 2.74. The molecule has 0 saturated heterocycles. The summed E-state index contributed by atoms with van der Waals surface area (Å²) in [6.45, 7) is 0. The number of aromatic nitrogens is 4. The SMILES string of the molecule is Cn1ccnc1-c1nc2c(c(=O)[nH]1)CCCCC2. The van der Waals surface area contributed by atoms with Crippen LogP contribution in [0.3, 0.4) is 0 Å². The number of fused-ring (bicyclic) bond motifs is 1. The predicted octanol–water partition coefficient (Wildman–Crippen LogP) is 1.44. The van der Waals surface area contributed by atoms with Crippen LogP contribution in [0.25, 0.3) is 11.6 Å². The van der Waals surface area contributed by atoms with Crippen molar-refractivity contribution < 1.29 is 0 Å². The Bertz CT molecular complexity index is 626. The van der Waals surface area contributed by atoms with Crippen molar-refractivity contribution in [2.45, 2.75) is 32.1 Å². The van der Waals surface area contributed by atoms with Gasteiger partial charge in [-0.2, -0.15) is 0 Å². The van der Waals surface area contributed by atoms with Crippen LogP contribution in [-0.4, -0.2) is 19.5 Å². The van der Waals surface area contributed by atoms with E-state index in [2.05, 4.69) is 15.0 Å². The lowest BCUT2D eigenvalue weighted by Gasteiger charge is -2.07. The number of imidazole rings is 1. The fourth-order valence-corrected chi connectivity index (χ4v) is 2.48. The Balaban J connectivity index is 2.14. The molecule has 0 aliphatic heterocycles. The lowest BCUT2D eigenvalue weighted by molar-refractivity contribution is 0.708. The molecule has 3 rings (SSSR count). The lowest BCUT2D eigenvalue weighted by Crippen LogP contribution is -2.18. The molecule has 2 aromatic heterocycles. The molecule has 18 heavy (non-hydrogen) atoms. The number of hydrogen-bond donors (Lipinski definition) is 1. The fourth-order valence-electron chi connectivity index (χ4n) is 2.48. The first kappa shape index (κ1) is 11.2. The average molecular weight is 244 g/mol. The van der Waals surface area contributed by atoms with Crippen LogP contribution in [0.1, 0.15) is 30.5 Å². The van der Waals surface area contributed by atoms with Crippen LogP contribution in [0.5, 0.6) is 0 Å².